The van der Waals surface area contributed by atoms with Gasteiger partial charge < -0.3 is 4.90 Å². The van der Waals surface area contributed by atoms with Gasteiger partial charge in [-0.25, -0.2) is 0 Å². The third kappa shape index (κ3) is 4.41. The molecule has 114 valence electrons. The molecule has 1 fully saturated rings. The van der Waals surface area contributed by atoms with E-state index in [1.54, 1.807) is 11.1 Å². The second-order valence-electron chi connectivity index (χ2n) is 5.56. The van der Waals surface area contributed by atoms with Gasteiger partial charge >= 0.3 is 28.9 Å². The van der Waals surface area contributed by atoms with Gasteiger partial charge in [0.1, 0.15) is 0 Å². The maximum absolute atomic E-state index is 8.83. The van der Waals surface area contributed by atoms with Gasteiger partial charge in [-0.3, -0.25) is 0 Å². The normalized spacial score (nSPS) is 26.9. The summed E-state index contributed by atoms with van der Waals surface area (Å²) in [6, 6.07) is 9.82. The van der Waals surface area contributed by atoms with E-state index in [0.717, 1.165) is 12.0 Å². The summed E-state index contributed by atoms with van der Waals surface area (Å²) in [6.07, 6.45) is 5.41. The summed E-state index contributed by atoms with van der Waals surface area (Å²) in [7, 11) is -1.90. The molecule has 0 bridgehead atoms. The number of piperidine rings is 1. The van der Waals surface area contributed by atoms with Gasteiger partial charge in [-0.05, 0) is 56.3 Å². The van der Waals surface area contributed by atoms with E-state index < -0.39 is 10.2 Å². The van der Waals surface area contributed by atoms with Crippen LogP contribution in [-0.2, 0) is 12.8 Å². The van der Waals surface area contributed by atoms with Crippen LogP contribution in [-0.4, -0.2) is 38.5 Å². The van der Waals surface area contributed by atoms with Crippen molar-refractivity contribution in [1.29, 1.82) is 0 Å². The molecular weight excluding hydrogens is 282 g/mol. The zero-order valence-corrected chi connectivity index (χ0v) is 12.3. The standard InChI is InChI=1S/C14H19N.ClH3O4/c1-15-8-4-7-13-9-11-5-2-3-6-12(11)10-14(13)15;2-1(3,4)5/h2-3,5-6,13-14H,4,7-10H2,1H3;2-4H. The van der Waals surface area contributed by atoms with E-state index in [0.29, 0.717) is 0 Å². The van der Waals surface area contributed by atoms with Crippen molar-refractivity contribution in [2.45, 2.75) is 31.7 Å². The van der Waals surface area contributed by atoms with Gasteiger partial charge in [0, 0.05) is 6.04 Å². The molecule has 3 rings (SSSR count). The number of rotatable bonds is 0. The van der Waals surface area contributed by atoms with Gasteiger partial charge in [-0.15, -0.1) is 0 Å². The molecule has 0 amide bonds. The quantitative estimate of drug-likeness (QED) is 0.609. The fraction of sp³-hybridized carbons (Fsp3) is 0.571. The Labute approximate surface area is 121 Å². The molecule has 2 aliphatic rings. The monoisotopic (exact) mass is 303 g/mol. The van der Waals surface area contributed by atoms with E-state index in [2.05, 4.69) is 36.2 Å². The molecule has 1 aliphatic heterocycles. The predicted molar refractivity (Wildman–Crippen MR) is 69.6 cm³/mol. The van der Waals surface area contributed by atoms with Crippen LogP contribution >= 0.6 is 0 Å². The first kappa shape index (κ1) is 15.7. The van der Waals surface area contributed by atoms with Crippen molar-refractivity contribution in [2.75, 3.05) is 13.6 Å². The first-order valence-corrected chi connectivity index (χ1v) is 8.10. The minimum absolute atomic E-state index is 0.814. The van der Waals surface area contributed by atoms with E-state index in [1.807, 2.05) is 0 Å². The molecule has 1 saturated heterocycles. The average molecular weight is 304 g/mol. The van der Waals surface area contributed by atoms with E-state index in [9.17, 15) is 0 Å². The average Bonchev–Trinajstić information content (AvgIpc) is 2.35. The Kier molecular flexibility index (Phi) is 5.01. The van der Waals surface area contributed by atoms with Crippen LogP contribution < -0.4 is 4.66 Å². The van der Waals surface area contributed by atoms with Crippen LogP contribution in [0.5, 0.6) is 0 Å². The zero-order chi connectivity index (χ0) is 14.8. The number of likely N-dealkylation sites (tertiary alicyclic amines) is 1. The number of hydrogen-bond acceptors (Lipinski definition) is 5. The van der Waals surface area contributed by atoms with Crippen LogP contribution in [0.25, 0.3) is 0 Å². The summed E-state index contributed by atoms with van der Waals surface area (Å²) in [6.45, 7) is 1.29. The zero-order valence-electron chi connectivity index (χ0n) is 11.6. The van der Waals surface area contributed by atoms with Crippen LogP contribution in [0.2, 0.25) is 0 Å². The minimum atomic E-state index is -4.19. The number of nitrogens with zero attached hydrogens (tertiary/aromatic N) is 1. The molecule has 0 spiro atoms. The van der Waals surface area contributed by atoms with Crippen LogP contribution in [0.15, 0.2) is 24.3 Å². The van der Waals surface area contributed by atoms with Crippen LogP contribution in [0.3, 0.4) is 0 Å². The molecular formula is C14H22ClNO4. The summed E-state index contributed by atoms with van der Waals surface area (Å²) in [5.41, 5.74) is 3.20. The summed E-state index contributed by atoms with van der Waals surface area (Å²) < 4.78 is 30.2. The SMILES string of the molecule is CN1CCCC2Cc3ccccc3CC21.[O-][Cl+](O)(O)O. The Balaban J connectivity index is 0.000000257. The molecule has 1 aliphatic carbocycles. The van der Waals surface area contributed by atoms with Crippen LogP contribution in [0.1, 0.15) is 24.0 Å². The van der Waals surface area contributed by atoms with E-state index >= 15 is 0 Å². The molecule has 2 atom stereocenters. The van der Waals surface area contributed by atoms with Gasteiger partial charge in [0.05, 0.1) is 0 Å². The molecule has 0 radical (unpaired) electrons. The molecule has 20 heavy (non-hydrogen) atoms. The summed E-state index contributed by atoms with van der Waals surface area (Å²) in [4.78, 5) is 2.57. The molecule has 2 unspecified atom stereocenters. The molecule has 3 N–H and O–H groups in total. The van der Waals surface area contributed by atoms with Crippen molar-refractivity contribution in [1.82, 2.24) is 4.90 Å². The van der Waals surface area contributed by atoms with Gasteiger partial charge in [-0.1, -0.05) is 24.3 Å². The van der Waals surface area contributed by atoms with Crippen molar-refractivity contribution in [3.05, 3.63) is 35.4 Å². The van der Waals surface area contributed by atoms with Gasteiger partial charge in [0.2, 0.25) is 0 Å². The fourth-order valence-electron chi connectivity index (χ4n) is 3.35. The Morgan fingerprint density at radius 1 is 1.15 bits per heavy atom. The Hall–Kier alpha value is -0.690. The number of likely N-dealkylation sites (N-methyl/N-ethyl adjacent to an activating group) is 1. The fourth-order valence-corrected chi connectivity index (χ4v) is 3.35. The molecule has 6 heteroatoms. The molecule has 1 aromatic carbocycles. The second kappa shape index (κ2) is 6.39. The Bertz CT molecular complexity index is 443. The number of hydrogen-bond donors (Lipinski definition) is 3. The predicted octanol–water partition coefficient (Wildman–Crippen LogP) is -0.364. The molecule has 0 saturated carbocycles. The maximum atomic E-state index is 8.83. The molecule has 1 heterocycles. The van der Waals surface area contributed by atoms with E-state index in [1.165, 1.54) is 32.2 Å². The van der Waals surface area contributed by atoms with Crippen LogP contribution in [0.4, 0.5) is 0 Å². The van der Waals surface area contributed by atoms with Crippen molar-refractivity contribution >= 4 is 0 Å². The first-order valence-electron chi connectivity index (χ1n) is 6.78. The Morgan fingerprint density at radius 3 is 2.30 bits per heavy atom. The molecule has 5 nitrogen and oxygen atoms in total. The van der Waals surface area contributed by atoms with Gasteiger partial charge in [-0.2, -0.15) is 0 Å². The summed E-state index contributed by atoms with van der Waals surface area (Å²) in [5.74, 6) is 0.915. The van der Waals surface area contributed by atoms with Crippen molar-refractivity contribution in [3.63, 3.8) is 0 Å². The van der Waals surface area contributed by atoms with Gasteiger partial charge in [0.15, 0.2) is 0 Å². The van der Waals surface area contributed by atoms with Crippen LogP contribution in [0, 0.1) is 16.2 Å². The topological polar surface area (TPSA) is 87.0 Å². The second-order valence-corrected chi connectivity index (χ2v) is 6.43. The first-order chi connectivity index (χ1) is 9.34. The van der Waals surface area contributed by atoms with E-state index in [-0.39, 0.29) is 0 Å². The summed E-state index contributed by atoms with van der Waals surface area (Å²) in [5, 5.41) is 0. The van der Waals surface area contributed by atoms with Crippen molar-refractivity contribution < 1.29 is 28.9 Å². The number of halogens is 1. The van der Waals surface area contributed by atoms with E-state index in [4.69, 9.17) is 18.6 Å². The third-order valence-electron chi connectivity index (χ3n) is 4.23. The molecule has 0 aromatic heterocycles. The summed E-state index contributed by atoms with van der Waals surface area (Å²) >= 11 is 0. The Morgan fingerprint density at radius 2 is 1.70 bits per heavy atom. The van der Waals surface area contributed by atoms with Crippen molar-refractivity contribution in [2.24, 2.45) is 5.92 Å². The molecule has 1 aromatic rings. The number of benzene rings is 1. The van der Waals surface area contributed by atoms with Crippen molar-refractivity contribution in [3.8, 4) is 0 Å². The number of fused-ring (bicyclic) bond motifs is 2. The van der Waals surface area contributed by atoms with Gasteiger partial charge in [0.25, 0.3) is 0 Å². The third-order valence-corrected chi connectivity index (χ3v) is 4.23.